The van der Waals surface area contributed by atoms with Gasteiger partial charge in [-0.2, -0.15) is 0 Å². The van der Waals surface area contributed by atoms with Crippen LogP contribution in [0.3, 0.4) is 0 Å². The lowest BCUT2D eigenvalue weighted by Crippen LogP contribution is -2.50. The molecule has 8 nitrogen and oxygen atoms in total. The van der Waals surface area contributed by atoms with Gasteiger partial charge >= 0.3 is 0 Å². The van der Waals surface area contributed by atoms with Crippen LogP contribution in [0, 0.1) is 11.3 Å². The molecule has 1 saturated heterocycles. The molecule has 0 bridgehead atoms. The van der Waals surface area contributed by atoms with Crippen LogP contribution in [0.1, 0.15) is 12.7 Å². The Labute approximate surface area is 177 Å². The van der Waals surface area contributed by atoms with Crippen LogP contribution in [-0.2, 0) is 11.3 Å². The number of aliphatic imine (C=N–C) groups is 1. The number of nitrogens with zero attached hydrogens (tertiary/aromatic N) is 2. The Balaban J connectivity index is 1.51. The van der Waals surface area contributed by atoms with Crippen LogP contribution < -0.4 is 21.1 Å². The Bertz CT molecular complexity index is 935. The van der Waals surface area contributed by atoms with E-state index in [9.17, 15) is 4.79 Å². The molecule has 3 heterocycles. The van der Waals surface area contributed by atoms with Gasteiger partial charge in [-0.3, -0.25) is 20.5 Å². The highest BCUT2D eigenvalue weighted by Gasteiger charge is 2.43. The van der Waals surface area contributed by atoms with Crippen LogP contribution >= 0.6 is 23.4 Å². The third-order valence-corrected chi connectivity index (χ3v) is 5.96. The second-order valence-corrected chi connectivity index (χ2v) is 8.18. The summed E-state index contributed by atoms with van der Waals surface area (Å²) in [6.07, 6.45) is 1.32. The molecule has 0 aliphatic carbocycles. The van der Waals surface area contributed by atoms with E-state index in [1.807, 2.05) is 19.1 Å². The maximum atomic E-state index is 12.3. The summed E-state index contributed by atoms with van der Waals surface area (Å²) in [6, 6.07) is 10.9. The number of nitrogens with one attached hydrogen (secondary N) is 4. The maximum Gasteiger partial charge on any atom is 0.230 e. The molecule has 152 valence electrons. The van der Waals surface area contributed by atoms with E-state index in [1.165, 1.54) is 11.8 Å². The Morgan fingerprint density at radius 3 is 3.00 bits per heavy atom. The molecule has 1 aromatic heterocycles. The number of amides is 1. The van der Waals surface area contributed by atoms with Gasteiger partial charge in [0.2, 0.25) is 5.91 Å². The quantitative estimate of drug-likeness (QED) is 0.578. The summed E-state index contributed by atoms with van der Waals surface area (Å²) >= 11 is 7.46. The van der Waals surface area contributed by atoms with Crippen LogP contribution in [0.5, 0.6) is 0 Å². The number of hydrazine groups is 1. The van der Waals surface area contributed by atoms with Crippen LogP contribution in [0.4, 0.5) is 5.69 Å². The number of halogens is 1. The Morgan fingerprint density at radius 1 is 1.38 bits per heavy atom. The van der Waals surface area contributed by atoms with Crippen LogP contribution in [-0.4, -0.2) is 34.9 Å². The van der Waals surface area contributed by atoms with Crippen molar-refractivity contribution in [2.75, 3.05) is 10.7 Å². The molecular weight excluding hydrogens is 412 g/mol. The van der Waals surface area contributed by atoms with Crippen molar-refractivity contribution in [2.24, 2.45) is 10.9 Å². The lowest BCUT2D eigenvalue weighted by molar-refractivity contribution is -0.118. The first-order valence-corrected chi connectivity index (χ1v) is 10.5. The second kappa shape index (κ2) is 8.58. The van der Waals surface area contributed by atoms with Gasteiger partial charge in [0.05, 0.1) is 30.2 Å². The van der Waals surface area contributed by atoms with Gasteiger partial charge in [0, 0.05) is 11.1 Å². The SMILES string of the molecule is CC1NNC2N=C(SCC(=O)NCc3ccco3)N(c3cccc(Cl)c3)C(=N)C12. The number of thioether (sulfide) groups is 1. The van der Waals surface area contributed by atoms with Crippen molar-refractivity contribution in [3.63, 3.8) is 0 Å². The molecule has 4 rings (SSSR count). The average Bonchev–Trinajstić information content (AvgIpc) is 3.34. The summed E-state index contributed by atoms with van der Waals surface area (Å²) in [5, 5.41) is 12.8. The summed E-state index contributed by atoms with van der Waals surface area (Å²) in [4.78, 5) is 18.8. The molecule has 0 saturated carbocycles. The third-order valence-electron chi connectivity index (χ3n) is 4.77. The Morgan fingerprint density at radius 2 is 2.24 bits per heavy atom. The molecule has 0 spiro atoms. The molecule has 2 aliphatic rings. The fraction of sp³-hybridized carbons (Fsp3) is 0.316. The minimum absolute atomic E-state index is 0.0566. The summed E-state index contributed by atoms with van der Waals surface area (Å²) in [5.74, 6) is 1.02. The average molecular weight is 433 g/mol. The van der Waals surface area contributed by atoms with Gasteiger partial charge in [-0.15, -0.1) is 0 Å². The molecule has 1 amide bonds. The fourth-order valence-electron chi connectivity index (χ4n) is 3.34. The van der Waals surface area contributed by atoms with Gasteiger partial charge < -0.3 is 9.73 Å². The van der Waals surface area contributed by atoms with E-state index < -0.39 is 0 Å². The summed E-state index contributed by atoms with van der Waals surface area (Å²) in [7, 11) is 0. The molecule has 10 heteroatoms. The van der Waals surface area contributed by atoms with E-state index in [2.05, 4.69) is 16.2 Å². The van der Waals surface area contributed by atoms with Gasteiger partial charge in [-0.1, -0.05) is 29.4 Å². The maximum absolute atomic E-state index is 12.3. The Kier molecular flexibility index (Phi) is 5.91. The number of furan rings is 1. The molecule has 4 N–H and O–H groups in total. The van der Waals surface area contributed by atoms with Crippen LogP contribution in [0.2, 0.25) is 5.02 Å². The van der Waals surface area contributed by atoms with Crippen LogP contribution in [0.15, 0.2) is 52.1 Å². The zero-order chi connectivity index (χ0) is 20.4. The van der Waals surface area contributed by atoms with Crippen LogP contribution in [0.25, 0.3) is 0 Å². The number of benzene rings is 1. The largest absolute Gasteiger partial charge is 0.467 e. The lowest BCUT2D eigenvalue weighted by Gasteiger charge is -2.35. The lowest BCUT2D eigenvalue weighted by atomic mass is 9.97. The number of hydrogen-bond donors (Lipinski definition) is 4. The van der Waals surface area contributed by atoms with E-state index in [0.717, 1.165) is 5.69 Å². The molecule has 1 aromatic carbocycles. The number of hydrogen-bond acceptors (Lipinski definition) is 7. The molecule has 2 aliphatic heterocycles. The van der Waals surface area contributed by atoms with Crippen molar-refractivity contribution >= 4 is 46.0 Å². The standard InChI is InChI=1S/C19H21ClN6O2S/c1-11-16-17(21)26(13-5-2-4-12(20)8-13)19(23-18(16)25-24-11)29-10-15(27)22-9-14-6-3-7-28-14/h2-8,11,16,18,21,24-25H,9-10H2,1H3,(H,22,27). The first kappa shape index (κ1) is 20.0. The molecular formula is C19H21ClN6O2S. The highest BCUT2D eigenvalue weighted by atomic mass is 35.5. The molecule has 3 unspecified atom stereocenters. The third kappa shape index (κ3) is 4.32. The monoisotopic (exact) mass is 432 g/mol. The number of carbonyl (C=O) groups excluding carboxylic acids is 1. The minimum atomic E-state index is -0.249. The molecule has 1 fully saturated rings. The molecule has 29 heavy (non-hydrogen) atoms. The second-order valence-electron chi connectivity index (χ2n) is 6.80. The van der Waals surface area contributed by atoms with Crippen molar-refractivity contribution in [1.82, 2.24) is 16.2 Å². The molecule has 3 atom stereocenters. The minimum Gasteiger partial charge on any atom is -0.467 e. The van der Waals surface area contributed by atoms with Gasteiger partial charge in [0.25, 0.3) is 0 Å². The summed E-state index contributed by atoms with van der Waals surface area (Å²) in [6.45, 7) is 2.35. The highest BCUT2D eigenvalue weighted by Crippen LogP contribution is 2.32. The summed E-state index contributed by atoms with van der Waals surface area (Å²) < 4.78 is 5.23. The smallest absolute Gasteiger partial charge is 0.230 e. The van der Waals surface area contributed by atoms with Gasteiger partial charge in [0.1, 0.15) is 17.8 Å². The van der Waals surface area contributed by atoms with Gasteiger partial charge in [-0.25, -0.2) is 10.4 Å². The zero-order valence-corrected chi connectivity index (χ0v) is 17.3. The van der Waals surface area contributed by atoms with Crippen molar-refractivity contribution in [2.45, 2.75) is 25.7 Å². The van der Waals surface area contributed by atoms with E-state index >= 15 is 0 Å². The van der Waals surface area contributed by atoms with E-state index in [-0.39, 0.29) is 29.8 Å². The van der Waals surface area contributed by atoms with E-state index in [0.29, 0.717) is 28.3 Å². The normalized spacial score (nSPS) is 23.7. The van der Waals surface area contributed by atoms with Crippen molar-refractivity contribution < 1.29 is 9.21 Å². The van der Waals surface area contributed by atoms with E-state index in [4.69, 9.17) is 26.4 Å². The number of rotatable bonds is 5. The topological polar surface area (TPSA) is 106 Å². The van der Waals surface area contributed by atoms with E-state index in [1.54, 1.807) is 35.4 Å². The first-order valence-electron chi connectivity index (χ1n) is 9.18. The molecule has 0 radical (unpaired) electrons. The van der Waals surface area contributed by atoms with Crippen molar-refractivity contribution in [3.8, 4) is 0 Å². The summed E-state index contributed by atoms with van der Waals surface area (Å²) in [5.41, 5.74) is 7.03. The number of fused-ring (bicyclic) bond motifs is 1. The number of carbonyl (C=O) groups is 1. The van der Waals surface area contributed by atoms with Gasteiger partial charge in [-0.05, 0) is 37.3 Å². The molecule has 2 aromatic rings. The zero-order valence-electron chi connectivity index (χ0n) is 15.7. The highest BCUT2D eigenvalue weighted by molar-refractivity contribution is 8.14. The number of amidine groups is 2. The van der Waals surface area contributed by atoms with Gasteiger partial charge in [0.15, 0.2) is 5.17 Å². The Hall–Kier alpha value is -2.33. The predicted molar refractivity (Wildman–Crippen MR) is 115 cm³/mol. The first-order chi connectivity index (χ1) is 14.0. The van der Waals surface area contributed by atoms with Crippen molar-refractivity contribution in [3.05, 3.63) is 53.4 Å². The van der Waals surface area contributed by atoms with Crippen molar-refractivity contribution in [1.29, 1.82) is 5.41 Å². The predicted octanol–water partition coefficient (Wildman–Crippen LogP) is 2.57. The number of anilines is 1. The fourth-order valence-corrected chi connectivity index (χ4v) is 4.41.